The molecule has 0 fully saturated rings. The zero-order valence-corrected chi connectivity index (χ0v) is 23.3. The SMILES string of the molecule is Cc1ccc2cccc(Cl)c2n1.Cc1ccc2cccc(Cl)c2n1.Cl.Cl.[Cl][Zn][Cl]. The number of aryl methyl sites for hydroxylation is 2. The molecule has 0 amide bonds. The molecule has 152 valence electrons. The summed E-state index contributed by atoms with van der Waals surface area (Å²) < 4.78 is 0. The molecule has 2 nitrogen and oxygen atoms in total. The Hall–Kier alpha value is -0.377. The standard InChI is InChI=1S/2C10H8ClN.4ClH.Zn/c2*1-7-5-6-8-3-2-4-9(11)10(8)12-7;;;;;/h2*2-6H,1H3;4*1H;/q;;;;;;+2/p-2. The van der Waals surface area contributed by atoms with Gasteiger partial charge in [0, 0.05) is 22.2 Å². The Kier molecular flexibility index (Phi) is 14.4. The Labute approximate surface area is 208 Å². The topological polar surface area (TPSA) is 25.8 Å². The molecule has 2 aromatic heterocycles. The zero-order chi connectivity index (χ0) is 19.8. The third kappa shape index (κ3) is 8.71. The van der Waals surface area contributed by atoms with Crippen LogP contribution in [0.5, 0.6) is 0 Å². The van der Waals surface area contributed by atoms with E-state index in [9.17, 15) is 0 Å². The van der Waals surface area contributed by atoms with Crippen molar-refractivity contribution in [3.63, 3.8) is 0 Å². The van der Waals surface area contributed by atoms with E-state index in [1.54, 1.807) is 0 Å². The monoisotopic (exact) mass is 560 g/mol. The number of hydrogen-bond donors (Lipinski definition) is 0. The van der Waals surface area contributed by atoms with Crippen molar-refractivity contribution < 1.29 is 15.1 Å². The fourth-order valence-corrected chi connectivity index (χ4v) is 2.87. The van der Waals surface area contributed by atoms with Gasteiger partial charge >= 0.3 is 34.5 Å². The van der Waals surface area contributed by atoms with Crippen LogP contribution in [0, 0.1) is 13.8 Å². The first kappa shape index (κ1) is 28.6. The number of aromatic nitrogens is 2. The Balaban J connectivity index is 0.000000450. The Morgan fingerprint density at radius 1 is 0.621 bits per heavy atom. The van der Waals surface area contributed by atoms with Crippen molar-refractivity contribution in [2.75, 3.05) is 0 Å². The minimum absolute atomic E-state index is 0. The first-order valence-corrected chi connectivity index (χ1v) is 16.7. The maximum atomic E-state index is 5.97. The maximum absolute atomic E-state index is 5.97. The number of halogens is 6. The van der Waals surface area contributed by atoms with Crippen molar-refractivity contribution >= 4 is 89.2 Å². The zero-order valence-electron chi connectivity index (χ0n) is 15.7. The predicted octanol–water partition coefficient (Wildman–Crippen LogP) is 8.61. The number of pyridine rings is 2. The molecule has 0 bridgehead atoms. The number of hydrogen-bond acceptors (Lipinski definition) is 2. The second-order valence-corrected chi connectivity index (χ2v) is 11.1. The molecule has 9 heteroatoms. The molecule has 0 atom stereocenters. The minimum atomic E-state index is -0.931. The Bertz CT molecular complexity index is 962. The van der Waals surface area contributed by atoms with Gasteiger partial charge < -0.3 is 0 Å². The van der Waals surface area contributed by atoms with E-state index < -0.39 is 15.1 Å². The molecule has 0 radical (unpaired) electrons. The van der Waals surface area contributed by atoms with Gasteiger partial charge in [0.05, 0.1) is 21.1 Å². The van der Waals surface area contributed by atoms with E-state index in [0.717, 1.165) is 43.2 Å². The van der Waals surface area contributed by atoms with Gasteiger partial charge in [-0.25, -0.2) is 0 Å². The number of para-hydroxylation sites is 2. The van der Waals surface area contributed by atoms with Crippen molar-refractivity contribution in [3.05, 3.63) is 82.1 Å². The summed E-state index contributed by atoms with van der Waals surface area (Å²) in [4.78, 5) is 8.69. The molecule has 0 N–H and O–H groups in total. The molecule has 2 aromatic carbocycles. The number of rotatable bonds is 0. The molecular formula is C20H18Cl6N2Zn. The first-order valence-electron chi connectivity index (χ1n) is 8.12. The number of benzene rings is 2. The third-order valence-corrected chi connectivity index (χ3v) is 4.23. The second kappa shape index (κ2) is 14.6. The predicted molar refractivity (Wildman–Crippen MR) is 129 cm³/mol. The third-order valence-electron chi connectivity index (χ3n) is 3.62. The van der Waals surface area contributed by atoms with Crippen molar-refractivity contribution in [1.29, 1.82) is 0 Å². The van der Waals surface area contributed by atoms with Gasteiger partial charge in [0.25, 0.3) is 0 Å². The molecule has 0 saturated carbocycles. The van der Waals surface area contributed by atoms with E-state index >= 15 is 0 Å². The number of fused-ring (bicyclic) bond motifs is 2. The summed E-state index contributed by atoms with van der Waals surface area (Å²) in [5.74, 6) is 0. The van der Waals surface area contributed by atoms with Gasteiger partial charge in [-0.1, -0.05) is 59.6 Å². The van der Waals surface area contributed by atoms with E-state index in [0.29, 0.717) is 0 Å². The first-order chi connectivity index (χ1) is 13.0. The van der Waals surface area contributed by atoms with Crippen LogP contribution in [0.2, 0.25) is 10.0 Å². The Morgan fingerprint density at radius 2 is 0.966 bits per heavy atom. The van der Waals surface area contributed by atoms with Gasteiger partial charge in [0.2, 0.25) is 0 Å². The molecule has 4 rings (SSSR count). The molecule has 29 heavy (non-hydrogen) atoms. The van der Waals surface area contributed by atoms with Crippen molar-refractivity contribution in [2.45, 2.75) is 13.8 Å². The van der Waals surface area contributed by atoms with Crippen molar-refractivity contribution in [1.82, 2.24) is 9.97 Å². The van der Waals surface area contributed by atoms with E-state index in [1.807, 2.05) is 74.5 Å². The van der Waals surface area contributed by atoms with Gasteiger partial charge in [0.15, 0.2) is 0 Å². The molecule has 2 heterocycles. The Morgan fingerprint density at radius 3 is 1.31 bits per heavy atom. The molecule has 0 saturated heterocycles. The van der Waals surface area contributed by atoms with Gasteiger partial charge in [-0.3, -0.25) is 9.97 Å². The van der Waals surface area contributed by atoms with E-state index in [2.05, 4.69) is 9.97 Å². The molecule has 0 spiro atoms. The molecule has 0 aliphatic rings. The van der Waals surface area contributed by atoms with Gasteiger partial charge in [-0.05, 0) is 38.1 Å². The summed E-state index contributed by atoms with van der Waals surface area (Å²) in [5, 5.41) is 3.62. The average molecular weight is 564 g/mol. The average Bonchev–Trinajstić information content (AvgIpc) is 2.65. The normalized spacial score (nSPS) is 9.03. The van der Waals surface area contributed by atoms with Crippen LogP contribution < -0.4 is 0 Å². The van der Waals surface area contributed by atoms with Crippen molar-refractivity contribution in [3.8, 4) is 0 Å². The molecule has 0 unspecified atom stereocenters. The number of nitrogens with zero attached hydrogens (tertiary/aromatic N) is 2. The summed E-state index contributed by atoms with van der Waals surface area (Å²) in [6, 6.07) is 19.6. The van der Waals surface area contributed by atoms with Crippen LogP contribution in [0.3, 0.4) is 0 Å². The fourth-order valence-electron chi connectivity index (χ4n) is 2.42. The van der Waals surface area contributed by atoms with Gasteiger partial charge in [-0.15, -0.1) is 24.8 Å². The van der Waals surface area contributed by atoms with E-state index in [1.165, 1.54) is 0 Å². The molecule has 0 aliphatic heterocycles. The van der Waals surface area contributed by atoms with Crippen molar-refractivity contribution in [2.24, 2.45) is 0 Å². The quantitative estimate of drug-likeness (QED) is 0.200. The van der Waals surface area contributed by atoms with Gasteiger partial charge in [-0.2, -0.15) is 0 Å². The van der Waals surface area contributed by atoms with Crippen LogP contribution in [0.15, 0.2) is 60.7 Å². The summed E-state index contributed by atoms with van der Waals surface area (Å²) in [5.41, 5.74) is 3.77. The molecular weight excluding hydrogens is 546 g/mol. The van der Waals surface area contributed by atoms with Crippen LogP contribution in [-0.4, -0.2) is 9.97 Å². The molecule has 4 aromatic rings. The summed E-state index contributed by atoms with van der Waals surface area (Å²) in [6.07, 6.45) is 0. The van der Waals surface area contributed by atoms with Crippen LogP contribution in [0.25, 0.3) is 21.8 Å². The van der Waals surface area contributed by atoms with Crippen LogP contribution in [-0.2, 0) is 15.1 Å². The second-order valence-electron chi connectivity index (χ2n) is 5.63. The fraction of sp³-hybridized carbons (Fsp3) is 0.100. The summed E-state index contributed by atoms with van der Waals surface area (Å²) in [7, 11) is 9.90. The van der Waals surface area contributed by atoms with E-state index in [4.69, 9.17) is 42.6 Å². The van der Waals surface area contributed by atoms with Crippen LogP contribution in [0.1, 0.15) is 11.4 Å². The van der Waals surface area contributed by atoms with Gasteiger partial charge in [0.1, 0.15) is 0 Å². The van der Waals surface area contributed by atoms with Crippen LogP contribution >= 0.6 is 67.4 Å². The summed E-state index contributed by atoms with van der Waals surface area (Å²) in [6.45, 7) is 3.92. The van der Waals surface area contributed by atoms with Crippen LogP contribution in [0.4, 0.5) is 0 Å². The van der Waals surface area contributed by atoms with E-state index in [-0.39, 0.29) is 24.8 Å². The summed E-state index contributed by atoms with van der Waals surface area (Å²) >= 11 is 11.0. The molecule has 0 aliphatic carbocycles.